The van der Waals surface area contributed by atoms with Gasteiger partial charge in [0.1, 0.15) is 5.75 Å². The number of hydrogen-bond donors (Lipinski definition) is 1. The summed E-state index contributed by atoms with van der Waals surface area (Å²) in [6, 6.07) is 6.13. The van der Waals surface area contributed by atoms with Crippen LogP contribution in [0.2, 0.25) is 0 Å². The van der Waals surface area contributed by atoms with Crippen molar-refractivity contribution in [3.63, 3.8) is 0 Å². The van der Waals surface area contributed by atoms with Gasteiger partial charge in [-0.3, -0.25) is 0 Å². The smallest absolute Gasteiger partial charge is 0.209 e. The zero-order valence-electron chi connectivity index (χ0n) is 13.6. The number of benzene rings is 1. The predicted molar refractivity (Wildman–Crippen MR) is 87.1 cm³/mol. The number of ether oxygens (including phenoxy) is 1. The molecule has 21 heavy (non-hydrogen) atoms. The lowest BCUT2D eigenvalue weighted by Gasteiger charge is -2.22. The van der Waals surface area contributed by atoms with Gasteiger partial charge in [0.2, 0.25) is 10.0 Å². The minimum absolute atomic E-state index is 0.0481. The van der Waals surface area contributed by atoms with E-state index in [0.29, 0.717) is 12.5 Å². The van der Waals surface area contributed by atoms with E-state index in [-0.39, 0.29) is 17.6 Å². The van der Waals surface area contributed by atoms with Gasteiger partial charge < -0.3 is 4.74 Å². The standard InChI is InChI=1S/C16H27NO3S/c1-11(2)14(10-21(17,18)19)9-20-16-8-13(5)6-7-15(16)12(3)4/h6-8,11-12,14H,9-10H2,1-5H3,(H2,17,18,19). The van der Waals surface area contributed by atoms with Gasteiger partial charge in [0.25, 0.3) is 0 Å². The Bertz CT molecular complexity index is 565. The third-order valence-corrected chi connectivity index (χ3v) is 4.53. The molecule has 0 amide bonds. The molecule has 0 aromatic heterocycles. The summed E-state index contributed by atoms with van der Waals surface area (Å²) < 4.78 is 28.5. The highest BCUT2D eigenvalue weighted by molar-refractivity contribution is 7.89. The minimum atomic E-state index is -3.49. The van der Waals surface area contributed by atoms with E-state index in [9.17, 15) is 8.42 Å². The molecule has 0 aliphatic heterocycles. The number of rotatable bonds is 7. The topological polar surface area (TPSA) is 69.4 Å². The molecule has 0 spiro atoms. The second-order valence-electron chi connectivity index (χ2n) is 6.34. The van der Waals surface area contributed by atoms with Crippen LogP contribution in [0.3, 0.4) is 0 Å². The fourth-order valence-electron chi connectivity index (χ4n) is 2.17. The van der Waals surface area contributed by atoms with Gasteiger partial charge in [-0.1, -0.05) is 39.8 Å². The maximum Gasteiger partial charge on any atom is 0.209 e. The molecular weight excluding hydrogens is 286 g/mol. The van der Waals surface area contributed by atoms with E-state index in [2.05, 4.69) is 26.0 Å². The number of hydrogen-bond acceptors (Lipinski definition) is 3. The van der Waals surface area contributed by atoms with Crippen LogP contribution in [0.1, 0.15) is 44.7 Å². The van der Waals surface area contributed by atoms with Gasteiger partial charge in [-0.15, -0.1) is 0 Å². The van der Waals surface area contributed by atoms with Crippen molar-refractivity contribution in [1.29, 1.82) is 0 Å². The summed E-state index contributed by atoms with van der Waals surface area (Å²) in [7, 11) is -3.49. The second-order valence-corrected chi connectivity index (χ2v) is 8.00. The SMILES string of the molecule is Cc1ccc(C(C)C)c(OCC(CS(N)(=O)=O)C(C)C)c1. The molecule has 4 nitrogen and oxygen atoms in total. The molecule has 2 N–H and O–H groups in total. The largest absolute Gasteiger partial charge is 0.493 e. The van der Waals surface area contributed by atoms with Crippen molar-refractivity contribution in [2.75, 3.05) is 12.4 Å². The van der Waals surface area contributed by atoms with Gasteiger partial charge >= 0.3 is 0 Å². The van der Waals surface area contributed by atoms with E-state index >= 15 is 0 Å². The van der Waals surface area contributed by atoms with Gasteiger partial charge in [0, 0.05) is 5.92 Å². The first-order valence-electron chi connectivity index (χ1n) is 7.34. The summed E-state index contributed by atoms with van der Waals surface area (Å²) in [5.74, 6) is 1.23. The molecule has 0 radical (unpaired) electrons. The van der Waals surface area contributed by atoms with Crippen LogP contribution in [-0.2, 0) is 10.0 Å². The van der Waals surface area contributed by atoms with Gasteiger partial charge in [-0.2, -0.15) is 0 Å². The van der Waals surface area contributed by atoms with E-state index in [1.165, 1.54) is 0 Å². The lowest BCUT2D eigenvalue weighted by molar-refractivity contribution is 0.222. The zero-order chi connectivity index (χ0) is 16.2. The van der Waals surface area contributed by atoms with Gasteiger partial charge in [-0.05, 0) is 36.0 Å². The van der Waals surface area contributed by atoms with Crippen molar-refractivity contribution in [3.05, 3.63) is 29.3 Å². The van der Waals surface area contributed by atoms with Crippen LogP contribution in [0.25, 0.3) is 0 Å². The van der Waals surface area contributed by atoms with Crippen molar-refractivity contribution in [2.24, 2.45) is 17.0 Å². The quantitative estimate of drug-likeness (QED) is 0.841. The van der Waals surface area contributed by atoms with Gasteiger partial charge in [0.15, 0.2) is 0 Å². The number of aryl methyl sites for hydroxylation is 1. The first kappa shape index (κ1) is 18.0. The molecule has 1 rings (SSSR count). The monoisotopic (exact) mass is 313 g/mol. The third kappa shape index (κ3) is 6.06. The Morgan fingerprint density at radius 2 is 1.81 bits per heavy atom. The molecule has 0 fully saturated rings. The van der Waals surface area contributed by atoms with E-state index in [1.807, 2.05) is 26.8 Å². The molecule has 0 saturated carbocycles. The molecule has 1 unspecified atom stereocenters. The summed E-state index contributed by atoms with van der Waals surface area (Å²) in [6.45, 7) is 10.6. The van der Waals surface area contributed by atoms with E-state index < -0.39 is 10.0 Å². The summed E-state index contributed by atoms with van der Waals surface area (Å²) >= 11 is 0. The average Bonchev–Trinajstić information content (AvgIpc) is 2.32. The minimum Gasteiger partial charge on any atom is -0.493 e. The Morgan fingerprint density at radius 1 is 1.19 bits per heavy atom. The molecule has 0 heterocycles. The molecule has 1 atom stereocenters. The van der Waals surface area contributed by atoms with Crippen molar-refractivity contribution in [2.45, 2.75) is 40.5 Å². The Labute approximate surface area is 128 Å². The number of primary sulfonamides is 1. The fraction of sp³-hybridized carbons (Fsp3) is 0.625. The van der Waals surface area contributed by atoms with E-state index in [4.69, 9.17) is 9.88 Å². The highest BCUT2D eigenvalue weighted by atomic mass is 32.2. The zero-order valence-corrected chi connectivity index (χ0v) is 14.4. The van der Waals surface area contributed by atoms with Crippen LogP contribution in [0.15, 0.2) is 18.2 Å². The van der Waals surface area contributed by atoms with Crippen LogP contribution >= 0.6 is 0 Å². The summed E-state index contributed by atoms with van der Waals surface area (Å²) in [6.07, 6.45) is 0. The number of nitrogens with two attached hydrogens (primary N) is 1. The molecule has 5 heteroatoms. The van der Waals surface area contributed by atoms with Crippen molar-refractivity contribution in [3.8, 4) is 5.75 Å². The first-order valence-corrected chi connectivity index (χ1v) is 9.05. The van der Waals surface area contributed by atoms with Crippen molar-refractivity contribution in [1.82, 2.24) is 0 Å². The maximum atomic E-state index is 11.3. The summed E-state index contributed by atoms with van der Waals surface area (Å²) in [4.78, 5) is 0. The van der Waals surface area contributed by atoms with Crippen LogP contribution in [-0.4, -0.2) is 20.8 Å². The Hall–Kier alpha value is -1.07. The molecule has 0 saturated heterocycles. The maximum absolute atomic E-state index is 11.3. The highest BCUT2D eigenvalue weighted by Gasteiger charge is 2.21. The van der Waals surface area contributed by atoms with E-state index in [1.54, 1.807) is 0 Å². The van der Waals surface area contributed by atoms with Crippen molar-refractivity contribution < 1.29 is 13.2 Å². The van der Waals surface area contributed by atoms with Crippen LogP contribution < -0.4 is 9.88 Å². The van der Waals surface area contributed by atoms with Gasteiger partial charge in [-0.25, -0.2) is 13.6 Å². The molecule has 1 aromatic rings. The molecule has 0 bridgehead atoms. The fourth-order valence-corrected chi connectivity index (χ4v) is 3.25. The molecule has 120 valence electrons. The molecular formula is C16H27NO3S. The molecule has 0 aliphatic carbocycles. The molecule has 0 aliphatic rings. The average molecular weight is 313 g/mol. The first-order chi connectivity index (χ1) is 9.60. The predicted octanol–water partition coefficient (Wildman–Crippen LogP) is 3.06. The van der Waals surface area contributed by atoms with Gasteiger partial charge in [0.05, 0.1) is 12.4 Å². The number of sulfonamides is 1. The Morgan fingerprint density at radius 3 is 2.29 bits per heavy atom. The summed E-state index contributed by atoms with van der Waals surface area (Å²) in [5.41, 5.74) is 2.26. The van der Waals surface area contributed by atoms with Crippen LogP contribution in [0.4, 0.5) is 0 Å². The molecule has 1 aromatic carbocycles. The lowest BCUT2D eigenvalue weighted by atomic mass is 9.98. The lowest BCUT2D eigenvalue weighted by Crippen LogP contribution is -2.30. The summed E-state index contributed by atoms with van der Waals surface area (Å²) in [5, 5.41) is 5.16. The van der Waals surface area contributed by atoms with Crippen LogP contribution in [0, 0.1) is 18.8 Å². The second kappa shape index (κ2) is 7.27. The Balaban J connectivity index is 2.87. The van der Waals surface area contributed by atoms with E-state index in [0.717, 1.165) is 16.9 Å². The normalized spacial score (nSPS) is 13.7. The highest BCUT2D eigenvalue weighted by Crippen LogP contribution is 2.28. The Kier molecular flexibility index (Phi) is 6.23. The third-order valence-electron chi connectivity index (χ3n) is 3.63. The van der Waals surface area contributed by atoms with Crippen LogP contribution in [0.5, 0.6) is 5.75 Å². The van der Waals surface area contributed by atoms with Crippen molar-refractivity contribution >= 4 is 10.0 Å².